The Morgan fingerprint density at radius 2 is 1.65 bits per heavy atom. The predicted octanol–water partition coefficient (Wildman–Crippen LogP) is 1.21. The van der Waals surface area contributed by atoms with Crippen molar-refractivity contribution in [2.75, 3.05) is 0 Å². The molecule has 8 heteroatoms. The summed E-state index contributed by atoms with van der Waals surface area (Å²) in [6.07, 6.45) is 2.77. The van der Waals surface area contributed by atoms with Crippen LogP contribution in [-0.4, -0.2) is 25.9 Å². The van der Waals surface area contributed by atoms with E-state index in [1.54, 1.807) is 6.92 Å². The first-order valence-electron chi connectivity index (χ1n) is 4.38. The third kappa shape index (κ3) is 3.13. The lowest BCUT2D eigenvalue weighted by Crippen LogP contribution is -2.10. The smallest absolute Gasteiger partial charge is 0.282 e. The lowest BCUT2D eigenvalue weighted by atomic mass is 10.2. The number of hydrogen-bond donors (Lipinski definition) is 2. The van der Waals surface area contributed by atoms with Gasteiger partial charge in [-0.15, -0.1) is 0 Å². The van der Waals surface area contributed by atoms with Crippen LogP contribution in [0.25, 0.3) is 6.08 Å². The van der Waals surface area contributed by atoms with E-state index < -0.39 is 30.0 Å². The van der Waals surface area contributed by atoms with Gasteiger partial charge in [-0.2, -0.15) is 16.8 Å². The van der Waals surface area contributed by atoms with E-state index in [2.05, 4.69) is 0 Å². The average molecular weight is 278 g/mol. The van der Waals surface area contributed by atoms with Crippen molar-refractivity contribution in [1.82, 2.24) is 0 Å². The maximum Gasteiger partial charge on any atom is 0.296 e. The fraction of sp³-hybridized carbons (Fsp3) is 0.111. The molecule has 1 rings (SSSR count). The van der Waals surface area contributed by atoms with Crippen molar-refractivity contribution in [3.63, 3.8) is 0 Å². The lowest BCUT2D eigenvalue weighted by Gasteiger charge is -2.07. The van der Waals surface area contributed by atoms with Crippen molar-refractivity contribution in [2.24, 2.45) is 0 Å². The molecule has 6 nitrogen and oxygen atoms in total. The standard InChI is InChI=1S/C9H10O6S2/c1-2-4-7-5-3-6-8(16(10,11)12)9(7)17(13,14)15/h2-6H,1H3,(H,10,11,12)(H,13,14,15). The quantitative estimate of drug-likeness (QED) is 0.804. The molecule has 2 N–H and O–H groups in total. The van der Waals surface area contributed by atoms with Crippen molar-refractivity contribution < 1.29 is 25.9 Å². The molecule has 0 heterocycles. The highest BCUT2D eigenvalue weighted by molar-refractivity contribution is 7.89. The Hall–Kier alpha value is -1.22. The molecular formula is C9H10O6S2. The van der Waals surface area contributed by atoms with Crippen LogP contribution < -0.4 is 0 Å². The van der Waals surface area contributed by atoms with Crippen LogP contribution in [0, 0.1) is 0 Å². The van der Waals surface area contributed by atoms with Crippen molar-refractivity contribution in [3.05, 3.63) is 29.8 Å². The molecule has 0 atom stereocenters. The highest BCUT2D eigenvalue weighted by Gasteiger charge is 2.25. The van der Waals surface area contributed by atoms with Crippen LogP contribution in [0.5, 0.6) is 0 Å². The summed E-state index contributed by atoms with van der Waals surface area (Å²) in [4.78, 5) is -1.68. The van der Waals surface area contributed by atoms with E-state index in [1.807, 2.05) is 0 Å². The van der Waals surface area contributed by atoms with Gasteiger partial charge < -0.3 is 0 Å². The summed E-state index contributed by atoms with van der Waals surface area (Å²) in [5.41, 5.74) is -0.0230. The summed E-state index contributed by atoms with van der Waals surface area (Å²) < 4.78 is 62.2. The first-order chi connectivity index (χ1) is 7.68. The van der Waals surface area contributed by atoms with Crippen LogP contribution in [0.1, 0.15) is 12.5 Å². The van der Waals surface area contributed by atoms with Crippen molar-refractivity contribution >= 4 is 26.3 Å². The minimum absolute atomic E-state index is 0.0230. The lowest BCUT2D eigenvalue weighted by molar-refractivity contribution is 0.466. The van der Waals surface area contributed by atoms with Gasteiger partial charge in [0.25, 0.3) is 20.2 Å². The highest BCUT2D eigenvalue weighted by atomic mass is 32.2. The van der Waals surface area contributed by atoms with Crippen LogP contribution in [-0.2, 0) is 20.2 Å². The summed E-state index contributed by atoms with van der Waals surface area (Å²) in [6.45, 7) is 1.59. The predicted molar refractivity (Wildman–Crippen MR) is 60.8 cm³/mol. The second-order valence-electron chi connectivity index (χ2n) is 3.12. The van der Waals surface area contributed by atoms with E-state index in [-0.39, 0.29) is 5.56 Å². The van der Waals surface area contributed by atoms with Gasteiger partial charge in [0.1, 0.15) is 9.79 Å². The SMILES string of the molecule is CC=Cc1cccc(S(=O)(=O)O)c1S(=O)(=O)O. The fourth-order valence-electron chi connectivity index (χ4n) is 1.32. The molecule has 0 amide bonds. The molecule has 0 fully saturated rings. The molecule has 0 unspecified atom stereocenters. The second-order valence-corrected chi connectivity index (χ2v) is 5.87. The van der Waals surface area contributed by atoms with Crippen LogP contribution in [0.2, 0.25) is 0 Å². The molecule has 0 bridgehead atoms. The summed E-state index contributed by atoms with van der Waals surface area (Å²) in [5, 5.41) is 0. The van der Waals surface area contributed by atoms with E-state index in [4.69, 9.17) is 9.11 Å². The maximum atomic E-state index is 11.1. The van der Waals surface area contributed by atoms with E-state index in [9.17, 15) is 16.8 Å². The molecule has 0 aliphatic carbocycles. The summed E-state index contributed by atoms with van der Waals surface area (Å²) >= 11 is 0. The first-order valence-corrected chi connectivity index (χ1v) is 7.26. The molecular weight excluding hydrogens is 268 g/mol. The molecule has 0 saturated carbocycles. The number of hydrogen-bond acceptors (Lipinski definition) is 4. The Labute approximate surface area is 99.1 Å². The van der Waals surface area contributed by atoms with E-state index in [0.717, 1.165) is 6.07 Å². The van der Waals surface area contributed by atoms with Gasteiger partial charge in [0.2, 0.25) is 0 Å². The number of allylic oxidation sites excluding steroid dienone is 1. The van der Waals surface area contributed by atoms with Gasteiger partial charge in [-0.3, -0.25) is 9.11 Å². The van der Waals surface area contributed by atoms with E-state index in [0.29, 0.717) is 0 Å². The summed E-state index contributed by atoms with van der Waals surface area (Å²) in [7, 11) is -9.49. The molecule has 1 aromatic rings. The fourth-order valence-corrected chi connectivity index (χ4v) is 3.31. The molecule has 0 aliphatic rings. The van der Waals surface area contributed by atoms with Crippen LogP contribution in [0.4, 0.5) is 0 Å². The molecule has 0 aromatic heterocycles. The van der Waals surface area contributed by atoms with Gasteiger partial charge in [0, 0.05) is 0 Å². The van der Waals surface area contributed by atoms with Gasteiger partial charge in [-0.05, 0) is 18.6 Å². The highest BCUT2D eigenvalue weighted by Crippen LogP contribution is 2.25. The molecule has 17 heavy (non-hydrogen) atoms. The molecule has 0 spiro atoms. The van der Waals surface area contributed by atoms with Crippen molar-refractivity contribution in [3.8, 4) is 0 Å². The maximum absolute atomic E-state index is 11.1. The first kappa shape index (κ1) is 13.8. The third-order valence-electron chi connectivity index (χ3n) is 1.89. The van der Waals surface area contributed by atoms with Crippen LogP contribution >= 0.6 is 0 Å². The number of rotatable bonds is 3. The third-order valence-corrected chi connectivity index (χ3v) is 3.89. The minimum Gasteiger partial charge on any atom is -0.282 e. The topological polar surface area (TPSA) is 109 Å². The van der Waals surface area contributed by atoms with Gasteiger partial charge in [-0.25, -0.2) is 0 Å². The minimum atomic E-state index is -4.76. The van der Waals surface area contributed by atoms with E-state index in [1.165, 1.54) is 24.3 Å². The van der Waals surface area contributed by atoms with Gasteiger partial charge >= 0.3 is 0 Å². The Morgan fingerprint density at radius 1 is 1.06 bits per heavy atom. The Morgan fingerprint density at radius 3 is 2.06 bits per heavy atom. The van der Waals surface area contributed by atoms with Gasteiger partial charge in [0.05, 0.1) is 0 Å². The summed E-state index contributed by atoms with van der Waals surface area (Å²) in [6, 6.07) is 3.45. The van der Waals surface area contributed by atoms with Gasteiger partial charge in [0.15, 0.2) is 0 Å². The van der Waals surface area contributed by atoms with Crippen molar-refractivity contribution in [1.29, 1.82) is 0 Å². The van der Waals surface area contributed by atoms with Crippen LogP contribution in [0.3, 0.4) is 0 Å². The van der Waals surface area contributed by atoms with E-state index >= 15 is 0 Å². The largest absolute Gasteiger partial charge is 0.296 e. The number of benzene rings is 1. The average Bonchev–Trinajstić information content (AvgIpc) is 2.14. The molecule has 0 saturated heterocycles. The Balaban J connectivity index is 3.83. The zero-order valence-electron chi connectivity index (χ0n) is 8.73. The molecule has 0 radical (unpaired) electrons. The molecule has 1 aromatic carbocycles. The second kappa shape index (κ2) is 4.57. The monoisotopic (exact) mass is 278 g/mol. The summed E-state index contributed by atoms with van der Waals surface area (Å²) in [5.74, 6) is 0. The normalized spacial score (nSPS) is 13.1. The molecule has 0 aliphatic heterocycles. The van der Waals surface area contributed by atoms with Crippen LogP contribution in [0.15, 0.2) is 34.1 Å². The molecule has 94 valence electrons. The van der Waals surface area contributed by atoms with Gasteiger partial charge in [-0.1, -0.05) is 24.3 Å². The zero-order chi connectivity index (χ0) is 13.3. The Kier molecular flexibility index (Phi) is 3.72. The Bertz CT molecular complexity index is 655. The van der Waals surface area contributed by atoms with Crippen molar-refractivity contribution in [2.45, 2.75) is 16.7 Å². The zero-order valence-corrected chi connectivity index (χ0v) is 10.4.